The molecule has 1 fully saturated rings. The molecule has 0 spiro atoms. The maximum absolute atomic E-state index is 4.71. The smallest absolute Gasteiger partial charge is 0.231 e. The molecule has 2 N–H and O–H groups in total. The van der Waals surface area contributed by atoms with Crippen LogP contribution in [0.2, 0.25) is 0 Å². The van der Waals surface area contributed by atoms with Gasteiger partial charge in [0.1, 0.15) is 0 Å². The van der Waals surface area contributed by atoms with Crippen LogP contribution in [0.5, 0.6) is 0 Å². The van der Waals surface area contributed by atoms with Crippen LogP contribution in [0.3, 0.4) is 0 Å². The third kappa shape index (κ3) is 4.45. The van der Waals surface area contributed by atoms with Crippen LogP contribution in [0.1, 0.15) is 59.0 Å². The minimum absolute atomic E-state index is 0.312. The Morgan fingerprint density at radius 3 is 2.21 bits per heavy atom. The maximum atomic E-state index is 4.71. The van der Waals surface area contributed by atoms with Crippen molar-refractivity contribution in [2.45, 2.75) is 43.7 Å². The first kappa shape index (κ1) is 24.6. The zero-order valence-corrected chi connectivity index (χ0v) is 22.2. The Morgan fingerprint density at radius 1 is 0.868 bits per heavy atom. The van der Waals surface area contributed by atoms with Gasteiger partial charge >= 0.3 is 0 Å². The van der Waals surface area contributed by atoms with Gasteiger partial charge in [-0.15, -0.1) is 13.2 Å². The van der Waals surface area contributed by atoms with Gasteiger partial charge in [0.05, 0.1) is 6.04 Å². The number of rotatable bonds is 9. The van der Waals surface area contributed by atoms with E-state index in [4.69, 9.17) is 9.97 Å². The number of fused-ring (bicyclic) bond motifs is 2. The fourth-order valence-electron chi connectivity index (χ4n) is 6.60. The van der Waals surface area contributed by atoms with E-state index in [1.165, 1.54) is 29.5 Å². The summed E-state index contributed by atoms with van der Waals surface area (Å²) in [6.07, 6.45) is 8.12. The standard InChI is InChI=1S/C31H37N7/c1-4-17-32-29-34-30(33-18-5-2)36-31(35-29)38-19-15-22(16-20-38)37(3)28-26-11-7-6-10-23(26)24-14-13-21-9-8-12-25(24)27(21)28/h4-12,22,24,28H,1-2,13-20H2,3H3,(H2,32,33,34,35,36). The summed E-state index contributed by atoms with van der Waals surface area (Å²) in [5.74, 6) is 2.38. The number of anilines is 3. The monoisotopic (exact) mass is 507 g/mol. The number of aryl methyl sites for hydroxylation is 1. The Hall–Kier alpha value is -3.71. The van der Waals surface area contributed by atoms with Gasteiger partial charge in [-0.3, -0.25) is 4.90 Å². The zero-order valence-electron chi connectivity index (χ0n) is 22.2. The second-order valence-corrected chi connectivity index (χ2v) is 10.5. The molecule has 38 heavy (non-hydrogen) atoms. The Morgan fingerprint density at radius 2 is 1.53 bits per heavy atom. The highest BCUT2D eigenvalue weighted by Gasteiger charge is 2.40. The molecule has 2 aliphatic carbocycles. The average Bonchev–Trinajstić information content (AvgIpc) is 2.95. The summed E-state index contributed by atoms with van der Waals surface area (Å²) < 4.78 is 0. The molecular formula is C31H37N7. The first-order valence-electron chi connectivity index (χ1n) is 13.8. The molecule has 196 valence electrons. The molecule has 7 heteroatoms. The summed E-state index contributed by atoms with van der Waals surface area (Å²) in [4.78, 5) is 18.9. The second kappa shape index (κ2) is 10.6. The Labute approximate surface area is 225 Å². The summed E-state index contributed by atoms with van der Waals surface area (Å²) in [7, 11) is 2.34. The molecule has 0 radical (unpaired) electrons. The van der Waals surface area contributed by atoms with Crippen LogP contribution < -0.4 is 15.5 Å². The molecule has 2 unspecified atom stereocenters. The molecule has 7 nitrogen and oxygen atoms in total. The van der Waals surface area contributed by atoms with Crippen molar-refractivity contribution in [1.82, 2.24) is 19.9 Å². The third-order valence-corrected chi connectivity index (χ3v) is 8.41. The van der Waals surface area contributed by atoms with Crippen molar-refractivity contribution < 1.29 is 0 Å². The molecule has 2 aromatic carbocycles. The lowest BCUT2D eigenvalue weighted by Crippen LogP contribution is -2.46. The summed E-state index contributed by atoms with van der Waals surface area (Å²) in [5, 5.41) is 6.43. The van der Waals surface area contributed by atoms with Crippen LogP contribution in [-0.4, -0.2) is 59.1 Å². The quantitative estimate of drug-likeness (QED) is 0.388. The molecule has 3 aromatic rings. The fourth-order valence-corrected chi connectivity index (χ4v) is 6.60. The van der Waals surface area contributed by atoms with Crippen molar-refractivity contribution >= 4 is 17.8 Å². The molecule has 2 atom stereocenters. The van der Waals surface area contributed by atoms with Gasteiger partial charge in [0.15, 0.2) is 0 Å². The Bertz CT molecular complexity index is 1300. The number of aromatic nitrogens is 3. The van der Waals surface area contributed by atoms with Crippen molar-refractivity contribution in [3.8, 4) is 0 Å². The lowest BCUT2D eigenvalue weighted by atomic mass is 9.67. The average molecular weight is 508 g/mol. The predicted molar refractivity (Wildman–Crippen MR) is 155 cm³/mol. The molecule has 0 saturated carbocycles. The van der Waals surface area contributed by atoms with Crippen molar-refractivity contribution in [3.05, 3.63) is 95.6 Å². The second-order valence-electron chi connectivity index (χ2n) is 10.5. The van der Waals surface area contributed by atoms with Gasteiger partial charge in [0, 0.05) is 38.1 Å². The topological polar surface area (TPSA) is 69.2 Å². The van der Waals surface area contributed by atoms with Crippen LogP contribution in [0, 0.1) is 0 Å². The van der Waals surface area contributed by atoms with Crippen LogP contribution in [0.25, 0.3) is 0 Å². The number of nitrogens with one attached hydrogen (secondary N) is 2. The molecular weight excluding hydrogens is 470 g/mol. The molecule has 3 aliphatic rings. The van der Waals surface area contributed by atoms with E-state index in [0.717, 1.165) is 25.9 Å². The van der Waals surface area contributed by atoms with Gasteiger partial charge in [-0.2, -0.15) is 15.0 Å². The zero-order chi connectivity index (χ0) is 26.1. The van der Waals surface area contributed by atoms with Crippen molar-refractivity contribution in [2.75, 3.05) is 48.8 Å². The molecule has 1 aromatic heterocycles. The summed E-state index contributed by atoms with van der Waals surface area (Å²) in [6, 6.07) is 16.9. The number of benzene rings is 2. The molecule has 1 aliphatic heterocycles. The number of hydrogen-bond donors (Lipinski definition) is 2. The number of piperidine rings is 1. The Balaban J connectivity index is 1.23. The number of hydrogen-bond acceptors (Lipinski definition) is 7. The summed E-state index contributed by atoms with van der Waals surface area (Å²) in [6.45, 7) is 10.6. The van der Waals surface area contributed by atoms with Gasteiger partial charge in [-0.25, -0.2) is 0 Å². The van der Waals surface area contributed by atoms with E-state index in [0.29, 0.717) is 48.9 Å². The first-order chi connectivity index (χ1) is 18.7. The highest BCUT2D eigenvalue weighted by molar-refractivity contribution is 5.57. The normalized spacial score (nSPS) is 20.1. The maximum Gasteiger partial charge on any atom is 0.231 e. The lowest BCUT2D eigenvalue weighted by Gasteiger charge is -2.46. The highest BCUT2D eigenvalue weighted by atomic mass is 15.3. The van der Waals surface area contributed by atoms with Crippen LogP contribution in [0.15, 0.2) is 67.8 Å². The van der Waals surface area contributed by atoms with Gasteiger partial charge in [-0.1, -0.05) is 54.6 Å². The van der Waals surface area contributed by atoms with E-state index in [-0.39, 0.29) is 0 Å². The SMILES string of the molecule is C=CCNc1nc(NCC=C)nc(N2CCC(N(C)C3c4ccccc4C4CCc5cccc4c53)CC2)n1. The summed E-state index contributed by atoms with van der Waals surface area (Å²) in [5.41, 5.74) is 7.67. The molecule has 0 amide bonds. The van der Waals surface area contributed by atoms with Crippen molar-refractivity contribution in [2.24, 2.45) is 0 Å². The van der Waals surface area contributed by atoms with Crippen LogP contribution in [-0.2, 0) is 6.42 Å². The Kier molecular flexibility index (Phi) is 6.85. The van der Waals surface area contributed by atoms with E-state index in [1.54, 1.807) is 23.3 Å². The molecule has 4 bridgehead atoms. The molecule has 1 saturated heterocycles. The largest absolute Gasteiger partial charge is 0.351 e. The van der Waals surface area contributed by atoms with Gasteiger partial charge in [0.25, 0.3) is 0 Å². The first-order valence-corrected chi connectivity index (χ1v) is 13.8. The predicted octanol–water partition coefficient (Wildman–Crippen LogP) is 5.15. The van der Waals surface area contributed by atoms with Crippen LogP contribution >= 0.6 is 0 Å². The minimum Gasteiger partial charge on any atom is -0.351 e. The fraction of sp³-hybridized carbons (Fsp3) is 0.387. The van der Waals surface area contributed by atoms with Gasteiger partial charge in [0.2, 0.25) is 17.8 Å². The van der Waals surface area contributed by atoms with Crippen molar-refractivity contribution in [3.63, 3.8) is 0 Å². The van der Waals surface area contributed by atoms with E-state index < -0.39 is 0 Å². The minimum atomic E-state index is 0.312. The third-order valence-electron chi connectivity index (χ3n) is 8.41. The lowest BCUT2D eigenvalue weighted by molar-refractivity contribution is 0.165. The highest BCUT2D eigenvalue weighted by Crippen LogP contribution is 2.51. The van der Waals surface area contributed by atoms with Gasteiger partial charge < -0.3 is 15.5 Å². The summed E-state index contributed by atoms with van der Waals surface area (Å²) >= 11 is 0. The van der Waals surface area contributed by atoms with E-state index in [1.807, 2.05) is 0 Å². The number of nitrogens with zero attached hydrogens (tertiary/aromatic N) is 5. The molecule has 6 rings (SSSR count). The van der Waals surface area contributed by atoms with Crippen molar-refractivity contribution in [1.29, 1.82) is 0 Å². The van der Waals surface area contributed by atoms with E-state index >= 15 is 0 Å². The van der Waals surface area contributed by atoms with E-state index in [2.05, 4.69) is 88.1 Å². The molecule has 2 heterocycles. The van der Waals surface area contributed by atoms with Crippen LogP contribution in [0.4, 0.5) is 17.8 Å². The van der Waals surface area contributed by atoms with E-state index in [9.17, 15) is 0 Å². The van der Waals surface area contributed by atoms with Gasteiger partial charge in [-0.05, 0) is 60.5 Å².